The van der Waals surface area contributed by atoms with Gasteiger partial charge in [-0.3, -0.25) is 0 Å². The molecule has 0 aliphatic rings. The van der Waals surface area contributed by atoms with Crippen molar-refractivity contribution in [1.29, 1.82) is 0 Å². The van der Waals surface area contributed by atoms with Gasteiger partial charge in [0.05, 0.1) is 0 Å². The molecule has 7 nitrogen and oxygen atoms in total. The Kier molecular flexibility index (Phi) is 5.51. The van der Waals surface area contributed by atoms with Crippen LogP contribution in [0.2, 0.25) is 0 Å². The smallest absolute Gasteiger partial charge is 0.339 e. The summed E-state index contributed by atoms with van der Waals surface area (Å²) >= 11 is 0. The number of benzene rings is 3. The van der Waals surface area contributed by atoms with E-state index in [1.807, 2.05) is 6.92 Å². The van der Waals surface area contributed by atoms with Crippen LogP contribution in [0.5, 0.6) is 11.5 Å². The van der Waals surface area contributed by atoms with E-state index in [0.29, 0.717) is 11.4 Å². The van der Waals surface area contributed by atoms with Gasteiger partial charge in [0.15, 0.2) is 0 Å². The number of phenols is 1. The van der Waals surface area contributed by atoms with Crippen LogP contribution in [0.3, 0.4) is 0 Å². The van der Waals surface area contributed by atoms with Gasteiger partial charge in [-0.25, -0.2) is 4.79 Å². The number of urea groups is 1. The second-order valence-corrected chi connectivity index (χ2v) is 7.55. The third kappa shape index (κ3) is 5.01. The lowest BCUT2D eigenvalue weighted by Gasteiger charge is -2.10. The molecule has 0 bridgehead atoms. The molecule has 0 atom stereocenters. The summed E-state index contributed by atoms with van der Waals surface area (Å²) in [6.45, 7) is 1.86. The first-order valence-electron chi connectivity index (χ1n) is 8.30. The van der Waals surface area contributed by atoms with E-state index in [0.717, 1.165) is 5.56 Å². The zero-order valence-electron chi connectivity index (χ0n) is 14.9. The van der Waals surface area contributed by atoms with Gasteiger partial charge in [-0.15, -0.1) is 0 Å². The molecule has 0 radical (unpaired) electrons. The number of aryl methyl sites for hydroxylation is 1. The maximum Gasteiger partial charge on any atom is 0.339 e. The molecule has 3 aromatic carbocycles. The van der Waals surface area contributed by atoms with Gasteiger partial charge in [-0.05, 0) is 55.5 Å². The molecule has 144 valence electrons. The third-order valence-corrected chi connectivity index (χ3v) is 4.99. The predicted octanol–water partition coefficient (Wildman–Crippen LogP) is 4.11. The van der Waals surface area contributed by atoms with Crippen molar-refractivity contribution in [2.24, 2.45) is 0 Å². The van der Waals surface area contributed by atoms with E-state index in [-0.39, 0.29) is 16.4 Å². The summed E-state index contributed by atoms with van der Waals surface area (Å²) in [5.41, 5.74) is 1.78. The number of carbonyl (C=O) groups is 1. The van der Waals surface area contributed by atoms with Crippen molar-refractivity contribution in [3.63, 3.8) is 0 Å². The van der Waals surface area contributed by atoms with E-state index in [9.17, 15) is 18.3 Å². The van der Waals surface area contributed by atoms with Gasteiger partial charge >= 0.3 is 16.1 Å². The lowest BCUT2D eigenvalue weighted by atomic mass is 10.2. The fourth-order valence-corrected chi connectivity index (χ4v) is 3.27. The van der Waals surface area contributed by atoms with E-state index in [2.05, 4.69) is 10.6 Å². The van der Waals surface area contributed by atoms with Crippen LogP contribution in [0.1, 0.15) is 5.56 Å². The monoisotopic (exact) mass is 398 g/mol. The number of anilines is 2. The molecule has 8 heteroatoms. The molecule has 0 aliphatic heterocycles. The molecular formula is C20H18N2O5S. The fourth-order valence-electron chi connectivity index (χ4n) is 2.34. The van der Waals surface area contributed by atoms with Crippen molar-refractivity contribution in [3.8, 4) is 11.5 Å². The van der Waals surface area contributed by atoms with Crippen LogP contribution in [-0.4, -0.2) is 19.6 Å². The molecule has 0 fully saturated rings. The maximum atomic E-state index is 12.4. The van der Waals surface area contributed by atoms with Gasteiger partial charge in [-0.2, -0.15) is 8.42 Å². The molecule has 2 amide bonds. The zero-order chi connectivity index (χ0) is 20.1. The number of amides is 2. The summed E-state index contributed by atoms with van der Waals surface area (Å²) in [7, 11) is -3.98. The SMILES string of the molecule is Cc1ccc(S(=O)(=O)Oc2cccc(NC(=O)Nc3ccc(O)cc3)c2)cc1. The van der Waals surface area contributed by atoms with Crippen molar-refractivity contribution in [2.45, 2.75) is 11.8 Å². The Morgan fingerprint density at radius 3 is 2.21 bits per heavy atom. The molecule has 3 rings (SSSR count). The van der Waals surface area contributed by atoms with E-state index >= 15 is 0 Å². The van der Waals surface area contributed by atoms with Crippen LogP contribution in [0, 0.1) is 6.92 Å². The van der Waals surface area contributed by atoms with Crippen LogP contribution < -0.4 is 14.8 Å². The Morgan fingerprint density at radius 1 is 0.893 bits per heavy atom. The number of aromatic hydroxyl groups is 1. The molecule has 0 aliphatic carbocycles. The van der Waals surface area contributed by atoms with Crippen LogP contribution in [-0.2, 0) is 10.1 Å². The van der Waals surface area contributed by atoms with Gasteiger partial charge in [0.2, 0.25) is 0 Å². The molecule has 0 aromatic heterocycles. The number of rotatable bonds is 5. The van der Waals surface area contributed by atoms with Crippen molar-refractivity contribution < 1.29 is 22.5 Å². The van der Waals surface area contributed by atoms with Crippen molar-refractivity contribution in [1.82, 2.24) is 0 Å². The first-order chi connectivity index (χ1) is 13.3. The van der Waals surface area contributed by atoms with E-state index in [1.165, 1.54) is 36.4 Å². The summed E-state index contributed by atoms with van der Waals surface area (Å²) in [4.78, 5) is 12.1. The number of nitrogens with one attached hydrogen (secondary N) is 2. The highest BCUT2D eigenvalue weighted by Crippen LogP contribution is 2.22. The largest absolute Gasteiger partial charge is 0.508 e. The quantitative estimate of drug-likeness (QED) is 0.443. The number of hydrogen-bond acceptors (Lipinski definition) is 5. The van der Waals surface area contributed by atoms with Crippen LogP contribution in [0.25, 0.3) is 0 Å². The van der Waals surface area contributed by atoms with Gasteiger partial charge in [0.25, 0.3) is 0 Å². The minimum absolute atomic E-state index is 0.0431. The molecule has 0 spiro atoms. The molecule has 3 N–H and O–H groups in total. The van der Waals surface area contributed by atoms with Gasteiger partial charge in [0, 0.05) is 17.4 Å². The molecule has 0 saturated heterocycles. The molecule has 0 heterocycles. The second-order valence-electron chi connectivity index (χ2n) is 6.00. The van der Waals surface area contributed by atoms with Gasteiger partial charge < -0.3 is 19.9 Å². The van der Waals surface area contributed by atoms with Crippen molar-refractivity contribution in [3.05, 3.63) is 78.4 Å². The highest BCUT2D eigenvalue weighted by molar-refractivity contribution is 7.87. The first kappa shape index (κ1) is 19.2. The Bertz CT molecular complexity index is 1080. The molecular weight excluding hydrogens is 380 g/mol. The number of hydrogen-bond donors (Lipinski definition) is 3. The maximum absolute atomic E-state index is 12.4. The summed E-state index contributed by atoms with van der Waals surface area (Å²) < 4.78 is 29.9. The summed E-state index contributed by atoms with van der Waals surface area (Å²) in [5.74, 6) is 0.161. The Labute approximate surface area is 162 Å². The molecule has 0 saturated carbocycles. The van der Waals surface area contributed by atoms with Crippen molar-refractivity contribution >= 4 is 27.5 Å². The van der Waals surface area contributed by atoms with Gasteiger partial charge in [-0.1, -0.05) is 23.8 Å². The minimum Gasteiger partial charge on any atom is -0.508 e. The topological polar surface area (TPSA) is 105 Å². The van der Waals surface area contributed by atoms with Crippen LogP contribution in [0.4, 0.5) is 16.2 Å². The van der Waals surface area contributed by atoms with Crippen LogP contribution in [0.15, 0.2) is 77.7 Å². The van der Waals surface area contributed by atoms with Crippen LogP contribution >= 0.6 is 0 Å². The minimum atomic E-state index is -3.98. The summed E-state index contributed by atoms with van der Waals surface area (Å²) in [6, 6.07) is 17.8. The highest BCUT2D eigenvalue weighted by Gasteiger charge is 2.16. The molecule has 3 aromatic rings. The van der Waals surface area contributed by atoms with E-state index < -0.39 is 16.1 Å². The lowest BCUT2D eigenvalue weighted by molar-refractivity contribution is 0.262. The van der Waals surface area contributed by atoms with Gasteiger partial charge in [0.1, 0.15) is 16.4 Å². The first-order valence-corrected chi connectivity index (χ1v) is 9.71. The highest BCUT2D eigenvalue weighted by atomic mass is 32.2. The average molecular weight is 398 g/mol. The predicted molar refractivity (Wildman–Crippen MR) is 106 cm³/mol. The Balaban J connectivity index is 1.68. The Hall–Kier alpha value is -3.52. The second kappa shape index (κ2) is 8.01. The summed E-state index contributed by atoms with van der Waals surface area (Å²) in [6.07, 6.45) is 0. The zero-order valence-corrected chi connectivity index (χ0v) is 15.7. The standard InChI is InChI=1S/C20H18N2O5S/c1-14-5-11-19(12-6-14)28(25,26)27-18-4-2-3-16(13-18)22-20(24)21-15-7-9-17(23)10-8-15/h2-13,23H,1H3,(H2,21,22,24). The fraction of sp³-hybridized carbons (Fsp3) is 0.0500. The normalized spacial score (nSPS) is 10.9. The number of carbonyl (C=O) groups excluding carboxylic acids is 1. The Morgan fingerprint density at radius 2 is 1.54 bits per heavy atom. The van der Waals surface area contributed by atoms with Crippen molar-refractivity contribution in [2.75, 3.05) is 10.6 Å². The van der Waals surface area contributed by atoms with E-state index in [4.69, 9.17) is 4.18 Å². The molecule has 0 unspecified atom stereocenters. The summed E-state index contributed by atoms with van der Waals surface area (Å²) in [5, 5.41) is 14.4. The van der Waals surface area contributed by atoms with E-state index in [1.54, 1.807) is 36.4 Å². The molecule has 28 heavy (non-hydrogen) atoms. The average Bonchev–Trinajstić information content (AvgIpc) is 2.64. The number of phenolic OH excluding ortho intramolecular Hbond substituents is 1. The third-order valence-electron chi connectivity index (χ3n) is 3.73. The lowest BCUT2D eigenvalue weighted by Crippen LogP contribution is -2.19.